The van der Waals surface area contributed by atoms with Gasteiger partial charge in [0.25, 0.3) is 0 Å². The van der Waals surface area contributed by atoms with Gasteiger partial charge in [-0.25, -0.2) is 0 Å². The van der Waals surface area contributed by atoms with Gasteiger partial charge < -0.3 is 4.57 Å². The number of fused-ring (bicyclic) bond motifs is 19. The molecular weight excluding hydrogens is 687 g/mol. The lowest BCUT2D eigenvalue weighted by Gasteiger charge is -2.49. The topological polar surface area (TPSA) is 4.93 Å². The maximum absolute atomic E-state index is 2.55. The van der Waals surface area contributed by atoms with E-state index in [1.54, 1.807) is 0 Å². The second-order valence-corrected chi connectivity index (χ2v) is 15.9. The summed E-state index contributed by atoms with van der Waals surface area (Å²) in [7, 11) is 0. The quantitative estimate of drug-likeness (QED) is 0.167. The molecule has 0 saturated heterocycles. The van der Waals surface area contributed by atoms with Crippen molar-refractivity contribution in [1.29, 1.82) is 0 Å². The molecule has 13 rings (SSSR count). The van der Waals surface area contributed by atoms with Crippen LogP contribution in [0.2, 0.25) is 0 Å². The van der Waals surface area contributed by atoms with Crippen molar-refractivity contribution in [3.8, 4) is 39.1 Å². The minimum absolute atomic E-state index is 0.476. The van der Waals surface area contributed by atoms with E-state index in [-0.39, 0.29) is 0 Å². The van der Waals surface area contributed by atoms with Crippen molar-refractivity contribution in [3.63, 3.8) is 0 Å². The van der Waals surface area contributed by atoms with E-state index in [2.05, 4.69) is 217 Å². The van der Waals surface area contributed by atoms with Crippen LogP contribution in [0.25, 0.3) is 60.9 Å². The van der Waals surface area contributed by atoms with Crippen molar-refractivity contribution in [2.75, 3.05) is 0 Å². The third-order valence-electron chi connectivity index (χ3n) is 13.5. The Bertz CT molecular complexity index is 3160. The highest BCUT2D eigenvalue weighted by molar-refractivity contribution is 6.09. The van der Waals surface area contributed by atoms with Crippen LogP contribution in [0.3, 0.4) is 0 Å². The van der Waals surface area contributed by atoms with E-state index < -0.39 is 10.8 Å². The predicted octanol–water partition coefficient (Wildman–Crippen LogP) is 13.5. The van der Waals surface area contributed by atoms with Crippen LogP contribution in [0, 0.1) is 0 Å². The molecule has 0 N–H and O–H groups in total. The Morgan fingerprint density at radius 1 is 0.263 bits per heavy atom. The van der Waals surface area contributed by atoms with Crippen LogP contribution in [0.5, 0.6) is 0 Å². The zero-order valence-electron chi connectivity index (χ0n) is 31.2. The second kappa shape index (κ2) is 11.2. The summed E-state index contributed by atoms with van der Waals surface area (Å²) in [4.78, 5) is 0. The lowest BCUT2D eigenvalue weighted by Crippen LogP contribution is -2.43. The van der Waals surface area contributed by atoms with Crippen molar-refractivity contribution in [1.82, 2.24) is 4.57 Å². The maximum atomic E-state index is 2.55. The first kappa shape index (κ1) is 31.0. The molecule has 0 fully saturated rings. The molecule has 3 aliphatic carbocycles. The number of benzene rings is 9. The van der Waals surface area contributed by atoms with Crippen LogP contribution < -0.4 is 0 Å². The molecule has 10 aromatic rings. The molecule has 0 amide bonds. The van der Waals surface area contributed by atoms with Gasteiger partial charge >= 0.3 is 0 Å². The molecule has 3 aliphatic rings. The van der Waals surface area contributed by atoms with E-state index in [1.807, 2.05) is 0 Å². The van der Waals surface area contributed by atoms with Crippen molar-refractivity contribution in [3.05, 3.63) is 257 Å². The summed E-state index contributed by atoms with van der Waals surface area (Å²) in [5.41, 5.74) is 21.2. The number of nitrogens with zero attached hydrogens (tertiary/aromatic N) is 1. The van der Waals surface area contributed by atoms with Gasteiger partial charge in [0.1, 0.15) is 0 Å². The van der Waals surface area contributed by atoms with E-state index in [0.717, 1.165) is 5.69 Å². The van der Waals surface area contributed by atoms with E-state index in [0.29, 0.717) is 0 Å². The van der Waals surface area contributed by atoms with Crippen LogP contribution >= 0.6 is 0 Å². The van der Waals surface area contributed by atoms with E-state index in [1.165, 1.54) is 99.7 Å². The molecule has 2 spiro atoms. The molecule has 0 unspecified atom stereocenters. The summed E-state index contributed by atoms with van der Waals surface area (Å²) in [6.45, 7) is 0. The molecule has 9 aromatic carbocycles. The van der Waals surface area contributed by atoms with Gasteiger partial charge in [-0.3, -0.25) is 0 Å². The van der Waals surface area contributed by atoms with E-state index >= 15 is 0 Å². The second-order valence-electron chi connectivity index (χ2n) is 15.9. The molecule has 1 heterocycles. The fraction of sp³-hybridized carbons (Fsp3) is 0.0357. The maximum Gasteiger partial charge on any atom is 0.0720 e. The first-order valence-corrected chi connectivity index (χ1v) is 20.0. The van der Waals surface area contributed by atoms with Crippen LogP contribution in [0.1, 0.15) is 44.5 Å². The van der Waals surface area contributed by atoms with Crippen LogP contribution in [0.4, 0.5) is 0 Å². The first-order chi connectivity index (χ1) is 28.3. The Labute approximate surface area is 331 Å². The molecule has 0 saturated carbocycles. The van der Waals surface area contributed by atoms with Crippen LogP contribution in [-0.4, -0.2) is 4.57 Å². The highest BCUT2D eigenvalue weighted by atomic mass is 15.0. The molecule has 0 aliphatic heterocycles. The highest BCUT2D eigenvalue weighted by Gasteiger charge is 2.58. The molecular formula is C56H35N. The van der Waals surface area contributed by atoms with Gasteiger partial charge in [0.15, 0.2) is 0 Å². The molecule has 1 heteroatoms. The Balaban J connectivity index is 1.11. The summed E-state index contributed by atoms with van der Waals surface area (Å²) in [5.74, 6) is 0. The molecule has 1 aromatic heterocycles. The lowest BCUT2D eigenvalue weighted by molar-refractivity contribution is 0.633. The third-order valence-corrected chi connectivity index (χ3v) is 13.5. The summed E-state index contributed by atoms with van der Waals surface area (Å²) >= 11 is 0. The van der Waals surface area contributed by atoms with Gasteiger partial charge in [-0.2, -0.15) is 0 Å². The van der Waals surface area contributed by atoms with Crippen molar-refractivity contribution in [2.24, 2.45) is 0 Å². The molecule has 0 radical (unpaired) electrons. The molecule has 0 bridgehead atoms. The number of aromatic nitrogens is 1. The SMILES string of the molecule is c1ccc2c(c1)-c1ccccc1C21c2ccccc2C2(c3ccccc3-c3ccccc32)c2cc(-c3ccc(-n4c5ccccc5c5ccccc54)cc3)ccc21. The Morgan fingerprint density at radius 3 is 1.09 bits per heavy atom. The summed E-state index contributed by atoms with van der Waals surface area (Å²) in [6.07, 6.45) is 0. The number of rotatable bonds is 2. The fourth-order valence-corrected chi connectivity index (χ4v) is 11.4. The normalized spacial score (nSPS) is 14.6. The van der Waals surface area contributed by atoms with Crippen molar-refractivity contribution < 1.29 is 0 Å². The van der Waals surface area contributed by atoms with Crippen LogP contribution in [-0.2, 0) is 10.8 Å². The minimum atomic E-state index is -0.504. The fourth-order valence-electron chi connectivity index (χ4n) is 11.4. The smallest absolute Gasteiger partial charge is 0.0720 e. The number of hydrogen-bond acceptors (Lipinski definition) is 0. The molecule has 0 atom stereocenters. The number of hydrogen-bond donors (Lipinski definition) is 0. The van der Waals surface area contributed by atoms with Gasteiger partial charge in [0, 0.05) is 16.5 Å². The summed E-state index contributed by atoms with van der Waals surface area (Å²) in [6, 6.07) is 80.0. The van der Waals surface area contributed by atoms with E-state index in [4.69, 9.17) is 0 Å². The van der Waals surface area contributed by atoms with Gasteiger partial charge in [0.05, 0.1) is 21.9 Å². The average Bonchev–Trinajstić information content (AvgIpc) is 3.89. The monoisotopic (exact) mass is 721 g/mol. The standard InChI is InChI=1S/C56H35N/c1-7-21-45-39(15-1)40-16-2-8-22-46(40)55(45)49-25-11-12-26-50(49)56(47-23-9-3-17-41(47)42-18-4-10-24-48(42)56)52-35-37(31-34-51(52)55)36-29-32-38(33-30-36)57-53-27-13-5-19-43(53)44-20-6-14-28-54(44)57/h1-35H. The van der Waals surface area contributed by atoms with Gasteiger partial charge in [-0.05, 0) is 108 Å². The van der Waals surface area contributed by atoms with Crippen molar-refractivity contribution in [2.45, 2.75) is 10.8 Å². The Kier molecular flexibility index (Phi) is 6.09. The lowest BCUT2D eigenvalue weighted by atomic mass is 9.52. The summed E-state index contributed by atoms with van der Waals surface area (Å²) < 4.78 is 2.40. The molecule has 264 valence electrons. The van der Waals surface area contributed by atoms with Crippen molar-refractivity contribution >= 4 is 21.8 Å². The van der Waals surface area contributed by atoms with Crippen LogP contribution in [0.15, 0.2) is 212 Å². The Morgan fingerprint density at radius 2 is 0.614 bits per heavy atom. The Hall–Kier alpha value is -7.22. The number of para-hydroxylation sites is 2. The zero-order valence-corrected chi connectivity index (χ0v) is 31.2. The third kappa shape index (κ3) is 3.75. The highest BCUT2D eigenvalue weighted by Crippen LogP contribution is 2.67. The predicted molar refractivity (Wildman–Crippen MR) is 234 cm³/mol. The molecule has 1 nitrogen and oxygen atoms in total. The van der Waals surface area contributed by atoms with Gasteiger partial charge in [0.2, 0.25) is 0 Å². The average molecular weight is 722 g/mol. The van der Waals surface area contributed by atoms with Gasteiger partial charge in [-0.1, -0.05) is 182 Å². The van der Waals surface area contributed by atoms with E-state index in [9.17, 15) is 0 Å². The zero-order chi connectivity index (χ0) is 37.3. The largest absolute Gasteiger partial charge is 0.309 e. The first-order valence-electron chi connectivity index (χ1n) is 20.0. The minimum Gasteiger partial charge on any atom is -0.309 e. The van der Waals surface area contributed by atoms with Gasteiger partial charge in [-0.15, -0.1) is 0 Å². The summed E-state index contributed by atoms with van der Waals surface area (Å²) in [5, 5.41) is 2.55. The molecule has 57 heavy (non-hydrogen) atoms.